The minimum absolute atomic E-state index is 0.0180. The molecule has 0 atom stereocenters. The van der Waals surface area contributed by atoms with E-state index in [1.165, 1.54) is 12.3 Å². The molecule has 4 aromatic heterocycles. The Bertz CT molecular complexity index is 1650. The maximum atomic E-state index is 13.4. The van der Waals surface area contributed by atoms with Gasteiger partial charge in [-0.25, -0.2) is 38.3 Å². The molecular weight excluding hydrogens is 492 g/mol. The molecule has 4 aromatic rings. The average molecular weight is 521 g/mol. The molecule has 0 unspecified atom stereocenters. The van der Waals surface area contributed by atoms with Gasteiger partial charge in [-0.2, -0.15) is 0 Å². The molecule has 1 fully saturated rings. The van der Waals surface area contributed by atoms with Crippen LogP contribution in [0.25, 0.3) is 22.6 Å². The largest absolute Gasteiger partial charge is 0.361 e. The highest BCUT2D eigenvalue weighted by molar-refractivity contribution is 7.91. The molecule has 12 heteroatoms. The van der Waals surface area contributed by atoms with Crippen molar-refractivity contribution in [2.75, 3.05) is 11.1 Å². The maximum Gasteiger partial charge on any atom is 0.295 e. The molecule has 0 bridgehead atoms. The average Bonchev–Trinajstić information content (AvgIpc) is 3.73. The van der Waals surface area contributed by atoms with Crippen LogP contribution in [-0.2, 0) is 16.4 Å². The van der Waals surface area contributed by atoms with E-state index < -0.39 is 9.84 Å². The Labute approximate surface area is 214 Å². The minimum atomic E-state index is -3.38. The standard InChI is InChI=1S/C25H28N8O3S/c1-5-37(35,36)19-9-6-16(10-26-19)11-27-23-25(34)33(14(2)3)24-18(31-23)12-28-22(32-24)20-15(4)29-13-30-21(20)17-7-8-17/h6,9-10,12-14,17H,5,7-8,11H2,1-4H3,(H,27,31). The first-order valence-electron chi connectivity index (χ1n) is 12.2. The maximum absolute atomic E-state index is 13.4. The molecule has 1 N–H and O–H groups in total. The molecule has 0 amide bonds. The van der Waals surface area contributed by atoms with Crippen LogP contribution in [-0.4, -0.2) is 48.6 Å². The summed E-state index contributed by atoms with van der Waals surface area (Å²) in [7, 11) is -3.38. The Morgan fingerprint density at radius 2 is 1.86 bits per heavy atom. The van der Waals surface area contributed by atoms with Gasteiger partial charge in [0.1, 0.15) is 11.8 Å². The van der Waals surface area contributed by atoms with Crippen molar-refractivity contribution in [3.05, 3.63) is 58.2 Å². The van der Waals surface area contributed by atoms with Crippen LogP contribution < -0.4 is 10.9 Å². The van der Waals surface area contributed by atoms with Crippen molar-refractivity contribution in [3.63, 3.8) is 0 Å². The van der Waals surface area contributed by atoms with Gasteiger partial charge in [0.2, 0.25) is 0 Å². The molecule has 0 radical (unpaired) electrons. The van der Waals surface area contributed by atoms with Crippen LogP contribution in [0.4, 0.5) is 5.82 Å². The molecule has 192 valence electrons. The Kier molecular flexibility index (Phi) is 6.44. The van der Waals surface area contributed by atoms with Gasteiger partial charge in [-0.05, 0) is 45.2 Å². The number of nitrogens with one attached hydrogen (secondary N) is 1. The first-order chi connectivity index (χ1) is 17.7. The van der Waals surface area contributed by atoms with E-state index in [0.717, 1.165) is 29.8 Å². The monoisotopic (exact) mass is 520 g/mol. The van der Waals surface area contributed by atoms with Crippen molar-refractivity contribution in [2.45, 2.75) is 64.1 Å². The van der Waals surface area contributed by atoms with Crippen molar-refractivity contribution in [2.24, 2.45) is 0 Å². The predicted octanol–water partition coefficient (Wildman–Crippen LogP) is 3.21. The topological polar surface area (TPSA) is 146 Å². The summed E-state index contributed by atoms with van der Waals surface area (Å²) in [6.07, 6.45) is 6.84. The molecule has 0 saturated heterocycles. The predicted molar refractivity (Wildman–Crippen MR) is 139 cm³/mol. The third-order valence-corrected chi connectivity index (χ3v) is 8.00. The summed E-state index contributed by atoms with van der Waals surface area (Å²) >= 11 is 0. The first kappa shape index (κ1) is 24.9. The van der Waals surface area contributed by atoms with Gasteiger partial charge in [0.25, 0.3) is 5.56 Å². The van der Waals surface area contributed by atoms with Gasteiger partial charge < -0.3 is 5.32 Å². The van der Waals surface area contributed by atoms with Crippen molar-refractivity contribution in [1.29, 1.82) is 0 Å². The summed E-state index contributed by atoms with van der Waals surface area (Å²) in [6, 6.07) is 2.95. The summed E-state index contributed by atoms with van der Waals surface area (Å²) < 4.78 is 25.6. The fraction of sp³-hybridized carbons (Fsp3) is 0.400. The van der Waals surface area contributed by atoms with Crippen LogP contribution in [0.2, 0.25) is 0 Å². The molecule has 1 aliphatic rings. The van der Waals surface area contributed by atoms with E-state index in [-0.39, 0.29) is 34.7 Å². The van der Waals surface area contributed by atoms with E-state index in [0.29, 0.717) is 28.5 Å². The van der Waals surface area contributed by atoms with Crippen LogP contribution in [0.15, 0.2) is 40.7 Å². The van der Waals surface area contributed by atoms with Gasteiger partial charge in [-0.3, -0.25) is 9.36 Å². The van der Waals surface area contributed by atoms with Crippen molar-refractivity contribution < 1.29 is 8.42 Å². The summed E-state index contributed by atoms with van der Waals surface area (Å²) in [4.78, 5) is 40.2. The molecular formula is C25H28N8O3S. The van der Waals surface area contributed by atoms with Crippen LogP contribution in [0.1, 0.15) is 62.5 Å². The van der Waals surface area contributed by atoms with Gasteiger partial charge in [0.05, 0.1) is 28.9 Å². The number of rotatable bonds is 8. The van der Waals surface area contributed by atoms with E-state index in [1.54, 1.807) is 30.1 Å². The van der Waals surface area contributed by atoms with Gasteiger partial charge >= 0.3 is 0 Å². The summed E-state index contributed by atoms with van der Waals surface area (Å²) in [6.45, 7) is 7.56. The number of aryl methyl sites for hydroxylation is 1. The van der Waals surface area contributed by atoms with E-state index in [1.807, 2.05) is 20.8 Å². The molecule has 5 rings (SSSR count). The van der Waals surface area contributed by atoms with Crippen LogP contribution in [0.3, 0.4) is 0 Å². The lowest BCUT2D eigenvalue weighted by atomic mass is 10.1. The zero-order valence-electron chi connectivity index (χ0n) is 21.1. The Hall–Kier alpha value is -3.80. The molecule has 11 nitrogen and oxygen atoms in total. The number of fused-ring (bicyclic) bond motifs is 1. The van der Waals surface area contributed by atoms with Gasteiger partial charge in [-0.1, -0.05) is 13.0 Å². The Balaban J connectivity index is 1.51. The summed E-state index contributed by atoms with van der Waals surface area (Å²) in [5.74, 6) is 1.01. The molecule has 1 aliphatic carbocycles. The van der Waals surface area contributed by atoms with E-state index in [9.17, 15) is 13.2 Å². The molecule has 0 aromatic carbocycles. The minimum Gasteiger partial charge on any atom is -0.361 e. The normalized spacial score (nSPS) is 13.9. The lowest BCUT2D eigenvalue weighted by Gasteiger charge is -2.16. The van der Waals surface area contributed by atoms with Crippen molar-refractivity contribution in [3.8, 4) is 11.4 Å². The number of hydrogen-bond acceptors (Lipinski definition) is 10. The van der Waals surface area contributed by atoms with Crippen LogP contribution >= 0.6 is 0 Å². The van der Waals surface area contributed by atoms with Gasteiger partial charge in [0.15, 0.2) is 32.2 Å². The van der Waals surface area contributed by atoms with Crippen molar-refractivity contribution >= 4 is 26.8 Å². The number of pyridine rings is 1. The smallest absolute Gasteiger partial charge is 0.295 e. The molecule has 1 saturated carbocycles. The first-order valence-corrected chi connectivity index (χ1v) is 13.9. The quantitative estimate of drug-likeness (QED) is 0.367. The lowest BCUT2D eigenvalue weighted by Crippen LogP contribution is -2.27. The molecule has 4 heterocycles. The van der Waals surface area contributed by atoms with E-state index in [4.69, 9.17) is 4.98 Å². The second kappa shape index (κ2) is 9.58. The van der Waals surface area contributed by atoms with E-state index in [2.05, 4.69) is 30.2 Å². The highest BCUT2D eigenvalue weighted by Gasteiger charge is 2.30. The fourth-order valence-corrected chi connectivity index (χ4v) is 4.97. The number of nitrogens with zero attached hydrogens (tertiary/aromatic N) is 7. The SMILES string of the molecule is CCS(=O)(=O)c1ccc(CNc2nc3cnc(-c4c(C)ncnc4C4CC4)nc3n(C(C)C)c2=O)cn1. The van der Waals surface area contributed by atoms with Crippen LogP contribution in [0.5, 0.6) is 0 Å². The third kappa shape index (κ3) is 4.80. The van der Waals surface area contributed by atoms with Gasteiger partial charge in [0, 0.05) is 24.7 Å². The fourth-order valence-electron chi connectivity index (χ4n) is 4.18. The van der Waals surface area contributed by atoms with Gasteiger partial charge in [-0.15, -0.1) is 0 Å². The second-order valence-electron chi connectivity index (χ2n) is 9.39. The molecule has 0 aliphatic heterocycles. The number of aromatic nitrogens is 7. The number of sulfone groups is 1. The Morgan fingerprint density at radius 1 is 1.08 bits per heavy atom. The third-order valence-electron chi connectivity index (χ3n) is 6.36. The lowest BCUT2D eigenvalue weighted by molar-refractivity contribution is 0.593. The summed E-state index contributed by atoms with van der Waals surface area (Å²) in [5, 5.41) is 3.10. The number of anilines is 1. The van der Waals surface area contributed by atoms with Crippen LogP contribution in [0, 0.1) is 6.92 Å². The zero-order chi connectivity index (χ0) is 26.3. The van der Waals surface area contributed by atoms with Crippen molar-refractivity contribution in [1.82, 2.24) is 34.5 Å². The molecule has 37 heavy (non-hydrogen) atoms. The number of hydrogen-bond donors (Lipinski definition) is 1. The van der Waals surface area contributed by atoms with E-state index >= 15 is 0 Å². The Morgan fingerprint density at radius 3 is 2.51 bits per heavy atom. The highest BCUT2D eigenvalue weighted by atomic mass is 32.2. The second-order valence-corrected chi connectivity index (χ2v) is 11.6. The highest BCUT2D eigenvalue weighted by Crippen LogP contribution is 2.43. The molecule has 0 spiro atoms. The summed E-state index contributed by atoms with van der Waals surface area (Å²) in [5.41, 5.74) is 3.88. The zero-order valence-corrected chi connectivity index (χ0v) is 21.9.